The van der Waals surface area contributed by atoms with Crippen LogP contribution < -0.4 is 5.32 Å². The lowest BCUT2D eigenvalue weighted by Crippen LogP contribution is -2.54. The molecule has 0 aliphatic heterocycles. The summed E-state index contributed by atoms with van der Waals surface area (Å²) in [4.78, 5) is 36.3. The molecule has 1 fully saturated rings. The minimum Gasteiger partial charge on any atom is -0.481 e. The van der Waals surface area contributed by atoms with Crippen molar-refractivity contribution in [3.05, 3.63) is 35.4 Å². The Kier molecular flexibility index (Phi) is 5.32. The van der Waals surface area contributed by atoms with Crippen molar-refractivity contribution in [1.82, 2.24) is 5.32 Å². The quantitative estimate of drug-likeness (QED) is 0.725. The van der Waals surface area contributed by atoms with Gasteiger partial charge in [-0.05, 0) is 50.8 Å². The minimum absolute atomic E-state index is 0.0401. The number of benzene rings is 1. The molecule has 0 bridgehead atoms. The van der Waals surface area contributed by atoms with Crippen molar-refractivity contribution in [3.63, 3.8) is 0 Å². The van der Waals surface area contributed by atoms with Crippen LogP contribution in [0.2, 0.25) is 0 Å². The molecule has 148 valence electrons. The first-order valence-electron chi connectivity index (χ1n) is 8.50. The van der Waals surface area contributed by atoms with Crippen molar-refractivity contribution < 1.29 is 33.4 Å². The summed E-state index contributed by atoms with van der Waals surface area (Å²) in [5, 5.41) is 21.7. The number of hydrogen-bond acceptors (Lipinski definition) is 3. The molecule has 0 heterocycles. The molecule has 1 aliphatic rings. The molecule has 3 atom stereocenters. The number of halogens is 2. The van der Waals surface area contributed by atoms with Gasteiger partial charge in [0, 0.05) is 18.0 Å². The highest BCUT2D eigenvalue weighted by Crippen LogP contribution is 2.54. The minimum atomic E-state index is -1.39. The molecule has 1 amide bonds. The molecule has 3 N–H and O–H groups in total. The topological polar surface area (TPSA) is 104 Å². The van der Waals surface area contributed by atoms with E-state index >= 15 is 0 Å². The molecule has 0 radical (unpaired) electrons. The van der Waals surface area contributed by atoms with Crippen LogP contribution in [0.25, 0.3) is 0 Å². The average molecular weight is 383 g/mol. The number of carbonyl (C=O) groups is 3. The predicted molar refractivity (Wildman–Crippen MR) is 91.6 cm³/mol. The zero-order valence-electron chi connectivity index (χ0n) is 15.4. The van der Waals surface area contributed by atoms with E-state index in [1.54, 1.807) is 0 Å². The van der Waals surface area contributed by atoms with E-state index in [1.807, 2.05) is 0 Å². The van der Waals surface area contributed by atoms with E-state index in [2.05, 4.69) is 5.32 Å². The Labute approximate surface area is 155 Å². The molecule has 1 aromatic rings. The second-order valence-electron chi connectivity index (χ2n) is 8.28. The van der Waals surface area contributed by atoms with Gasteiger partial charge in [-0.3, -0.25) is 14.4 Å². The van der Waals surface area contributed by atoms with E-state index in [9.17, 15) is 33.4 Å². The molecule has 0 spiro atoms. The molecule has 1 aromatic carbocycles. The summed E-state index contributed by atoms with van der Waals surface area (Å²) >= 11 is 0. The summed E-state index contributed by atoms with van der Waals surface area (Å²) in [5.41, 5.74) is -3.82. The number of carboxylic acid groups (broad SMARTS) is 2. The number of carbonyl (C=O) groups excluding carboxylic acids is 1. The van der Waals surface area contributed by atoms with Gasteiger partial charge >= 0.3 is 11.9 Å². The Balaban J connectivity index is 2.26. The van der Waals surface area contributed by atoms with E-state index in [1.165, 1.54) is 20.8 Å². The van der Waals surface area contributed by atoms with Crippen LogP contribution in [0.3, 0.4) is 0 Å². The zero-order chi connectivity index (χ0) is 20.6. The first-order valence-corrected chi connectivity index (χ1v) is 8.50. The Bertz CT molecular complexity index is 748. The highest BCUT2D eigenvalue weighted by Gasteiger charge is 2.57. The van der Waals surface area contributed by atoms with E-state index < -0.39 is 45.7 Å². The largest absolute Gasteiger partial charge is 0.481 e. The van der Waals surface area contributed by atoms with Crippen LogP contribution in [0.5, 0.6) is 0 Å². The lowest BCUT2D eigenvalue weighted by Gasteiger charge is -2.48. The number of carboxylic acids is 2. The third-order valence-corrected chi connectivity index (χ3v) is 5.30. The van der Waals surface area contributed by atoms with Crippen LogP contribution in [0, 0.1) is 27.9 Å². The van der Waals surface area contributed by atoms with Gasteiger partial charge < -0.3 is 15.5 Å². The van der Waals surface area contributed by atoms with Gasteiger partial charge in [0.2, 0.25) is 5.91 Å². The fourth-order valence-electron chi connectivity index (χ4n) is 4.34. The molecule has 0 saturated heterocycles. The SMILES string of the molecule is CC1(C(=O)NCc2cc(F)cc(F)c2)C[C@](C)(C(=O)O)C[C@](C)(C(=O)O)C1. The molecular weight excluding hydrogens is 360 g/mol. The lowest BCUT2D eigenvalue weighted by molar-refractivity contribution is -0.169. The smallest absolute Gasteiger partial charge is 0.309 e. The number of hydrogen-bond donors (Lipinski definition) is 3. The zero-order valence-corrected chi connectivity index (χ0v) is 15.4. The van der Waals surface area contributed by atoms with Crippen molar-refractivity contribution in [2.24, 2.45) is 16.2 Å². The van der Waals surface area contributed by atoms with E-state index in [-0.39, 0.29) is 31.4 Å². The van der Waals surface area contributed by atoms with Gasteiger partial charge in [0.15, 0.2) is 0 Å². The van der Waals surface area contributed by atoms with Crippen molar-refractivity contribution in [3.8, 4) is 0 Å². The molecular formula is C19H23F2NO5. The number of nitrogens with one attached hydrogen (secondary N) is 1. The summed E-state index contributed by atoms with van der Waals surface area (Å²) in [6, 6.07) is 2.87. The first-order chi connectivity index (χ1) is 12.3. The van der Waals surface area contributed by atoms with Gasteiger partial charge in [-0.2, -0.15) is 0 Å². The maximum absolute atomic E-state index is 13.3. The lowest BCUT2D eigenvalue weighted by atomic mass is 9.54. The number of aliphatic carboxylic acids is 2. The highest BCUT2D eigenvalue weighted by atomic mass is 19.1. The Hall–Kier alpha value is -2.51. The van der Waals surface area contributed by atoms with Crippen molar-refractivity contribution in [2.75, 3.05) is 0 Å². The predicted octanol–water partition coefficient (Wildman–Crippen LogP) is 2.95. The van der Waals surface area contributed by atoms with Crippen molar-refractivity contribution >= 4 is 17.8 Å². The van der Waals surface area contributed by atoms with Gasteiger partial charge in [0.1, 0.15) is 11.6 Å². The second kappa shape index (κ2) is 6.90. The second-order valence-corrected chi connectivity index (χ2v) is 8.28. The van der Waals surface area contributed by atoms with E-state index in [0.717, 1.165) is 12.1 Å². The van der Waals surface area contributed by atoms with Gasteiger partial charge in [0.25, 0.3) is 0 Å². The first kappa shape index (κ1) is 20.8. The molecule has 0 aromatic heterocycles. The van der Waals surface area contributed by atoms with Crippen molar-refractivity contribution in [1.29, 1.82) is 0 Å². The molecule has 27 heavy (non-hydrogen) atoms. The molecule has 6 nitrogen and oxygen atoms in total. The van der Waals surface area contributed by atoms with Crippen LogP contribution in [0.1, 0.15) is 45.6 Å². The number of amides is 1. The van der Waals surface area contributed by atoms with Crippen LogP contribution >= 0.6 is 0 Å². The van der Waals surface area contributed by atoms with Gasteiger partial charge in [-0.1, -0.05) is 6.92 Å². The summed E-state index contributed by atoms with van der Waals surface area (Å²) in [5.74, 6) is -4.44. The van der Waals surface area contributed by atoms with E-state index in [0.29, 0.717) is 6.07 Å². The molecule has 1 aliphatic carbocycles. The molecule has 1 saturated carbocycles. The van der Waals surface area contributed by atoms with E-state index in [4.69, 9.17) is 0 Å². The third-order valence-electron chi connectivity index (χ3n) is 5.30. The van der Waals surface area contributed by atoms with Crippen LogP contribution in [0.15, 0.2) is 18.2 Å². The third kappa shape index (κ3) is 4.26. The molecule has 8 heteroatoms. The van der Waals surface area contributed by atoms with Gasteiger partial charge in [-0.25, -0.2) is 8.78 Å². The number of rotatable bonds is 5. The molecule has 2 rings (SSSR count). The maximum atomic E-state index is 13.3. The van der Waals surface area contributed by atoms with Crippen LogP contribution in [-0.2, 0) is 20.9 Å². The Morgan fingerprint density at radius 1 is 0.889 bits per heavy atom. The monoisotopic (exact) mass is 383 g/mol. The summed E-state index contributed by atoms with van der Waals surface area (Å²) in [6.07, 6.45) is -0.175. The highest BCUT2D eigenvalue weighted by molar-refractivity contribution is 5.87. The maximum Gasteiger partial charge on any atom is 0.309 e. The molecule has 1 unspecified atom stereocenters. The summed E-state index contributed by atoms with van der Waals surface area (Å²) < 4.78 is 26.6. The van der Waals surface area contributed by atoms with Gasteiger partial charge in [-0.15, -0.1) is 0 Å². The van der Waals surface area contributed by atoms with Crippen molar-refractivity contribution in [2.45, 2.75) is 46.6 Å². The Morgan fingerprint density at radius 3 is 1.70 bits per heavy atom. The van der Waals surface area contributed by atoms with Gasteiger partial charge in [0.05, 0.1) is 10.8 Å². The summed E-state index contributed by atoms with van der Waals surface area (Å²) in [7, 11) is 0. The van der Waals surface area contributed by atoms with Crippen LogP contribution in [0.4, 0.5) is 8.78 Å². The summed E-state index contributed by atoms with van der Waals surface area (Å²) in [6.45, 7) is 4.24. The average Bonchev–Trinajstić information content (AvgIpc) is 2.50. The van der Waals surface area contributed by atoms with Crippen LogP contribution in [-0.4, -0.2) is 28.1 Å². The standard InChI is InChI=1S/C19H23F2NO5/c1-17(14(23)22-7-11-4-12(20)6-13(21)5-11)8-18(2,15(24)25)10-19(3,9-17)16(26)27/h4-6H,7-10H2,1-3H3,(H,22,23)(H,24,25)(H,26,27)/t17?,18-,19+. The Morgan fingerprint density at radius 2 is 1.30 bits per heavy atom. The fraction of sp³-hybridized carbons (Fsp3) is 0.526. The fourth-order valence-corrected chi connectivity index (χ4v) is 4.34. The normalized spacial score (nSPS) is 30.6.